The largest absolute Gasteiger partial charge is 0.456 e. The second kappa shape index (κ2) is 9.08. The summed E-state index contributed by atoms with van der Waals surface area (Å²) < 4.78 is 11.3. The van der Waals surface area contributed by atoms with E-state index in [0.717, 1.165) is 11.1 Å². The number of nitrogens with one attached hydrogen (secondary N) is 2. The number of nitrogens with zero attached hydrogens (tertiary/aromatic N) is 1. The molecule has 0 aliphatic carbocycles. The zero-order valence-electron chi connectivity index (χ0n) is 16.6. The number of benzene rings is 2. The van der Waals surface area contributed by atoms with Crippen molar-refractivity contribution >= 4 is 34.7 Å². The fraction of sp³-hybridized carbons (Fsp3) is 0.238. The molecule has 3 amide bonds. The number of esters is 1. The number of para-hydroxylation sites is 2. The summed E-state index contributed by atoms with van der Waals surface area (Å²) in [5, 5.41) is 4.66. The molecule has 9 heteroatoms. The van der Waals surface area contributed by atoms with Gasteiger partial charge in [-0.15, -0.1) is 0 Å². The van der Waals surface area contributed by atoms with E-state index in [-0.39, 0.29) is 13.0 Å². The molecule has 0 aliphatic heterocycles. The molecule has 0 unspecified atom stereocenters. The van der Waals surface area contributed by atoms with Crippen molar-refractivity contribution in [3.05, 3.63) is 64.1 Å². The van der Waals surface area contributed by atoms with E-state index >= 15 is 0 Å². The van der Waals surface area contributed by atoms with Crippen LogP contribution in [0.5, 0.6) is 0 Å². The number of imide groups is 1. The molecule has 1 heterocycles. The van der Waals surface area contributed by atoms with Crippen LogP contribution in [0.3, 0.4) is 0 Å². The van der Waals surface area contributed by atoms with Gasteiger partial charge in [-0.3, -0.25) is 19.5 Å². The van der Waals surface area contributed by atoms with Crippen LogP contribution in [0, 0.1) is 13.8 Å². The standard InChI is InChI=1S/C21H21N3O6/c1-13-7-8-15(14(2)11-13)22-20(27)23-18(25)12-29-19(26)9-10-24-16-5-3-4-6-17(16)30-21(24)28/h3-8,11H,9-10,12H2,1-2H3,(H2,22,23,25,27). The molecule has 0 saturated carbocycles. The van der Waals surface area contributed by atoms with Gasteiger partial charge in [-0.1, -0.05) is 29.8 Å². The van der Waals surface area contributed by atoms with Crippen LogP contribution >= 0.6 is 0 Å². The number of urea groups is 1. The van der Waals surface area contributed by atoms with Crippen LogP contribution < -0.4 is 16.4 Å². The maximum Gasteiger partial charge on any atom is 0.419 e. The van der Waals surface area contributed by atoms with Crippen LogP contribution in [0.1, 0.15) is 17.5 Å². The van der Waals surface area contributed by atoms with Crippen molar-refractivity contribution in [2.45, 2.75) is 26.8 Å². The van der Waals surface area contributed by atoms with Crippen molar-refractivity contribution in [2.75, 3.05) is 11.9 Å². The SMILES string of the molecule is Cc1ccc(NC(=O)NC(=O)COC(=O)CCn2c(=O)oc3ccccc32)c(C)c1. The molecule has 0 bridgehead atoms. The van der Waals surface area contributed by atoms with Crippen LogP contribution in [0.4, 0.5) is 10.5 Å². The minimum absolute atomic E-state index is 0.0451. The molecule has 0 radical (unpaired) electrons. The highest BCUT2D eigenvalue weighted by Gasteiger charge is 2.14. The lowest BCUT2D eigenvalue weighted by Crippen LogP contribution is -2.37. The van der Waals surface area contributed by atoms with E-state index < -0.39 is 30.3 Å². The number of carbonyl (C=O) groups is 3. The Kier molecular flexibility index (Phi) is 6.31. The fourth-order valence-electron chi connectivity index (χ4n) is 2.92. The predicted molar refractivity (Wildman–Crippen MR) is 109 cm³/mol. The van der Waals surface area contributed by atoms with Gasteiger partial charge in [0.25, 0.3) is 5.91 Å². The zero-order chi connectivity index (χ0) is 21.7. The van der Waals surface area contributed by atoms with Crippen LogP contribution in [-0.2, 0) is 20.9 Å². The molecular formula is C21H21N3O6. The Morgan fingerprint density at radius 2 is 1.87 bits per heavy atom. The van der Waals surface area contributed by atoms with Crippen molar-refractivity contribution in [1.82, 2.24) is 9.88 Å². The number of ether oxygens (including phenoxy) is 1. The highest BCUT2D eigenvalue weighted by atomic mass is 16.5. The third-order valence-corrected chi connectivity index (χ3v) is 4.36. The Morgan fingerprint density at radius 3 is 2.63 bits per heavy atom. The molecule has 0 spiro atoms. The van der Waals surface area contributed by atoms with Gasteiger partial charge in [-0.2, -0.15) is 0 Å². The number of anilines is 1. The molecule has 0 aliphatic rings. The highest BCUT2D eigenvalue weighted by Crippen LogP contribution is 2.15. The molecule has 156 valence electrons. The van der Waals surface area contributed by atoms with Crippen LogP contribution in [0.25, 0.3) is 11.1 Å². The summed E-state index contributed by atoms with van der Waals surface area (Å²) in [5.41, 5.74) is 3.46. The normalized spacial score (nSPS) is 10.6. The second-order valence-electron chi connectivity index (χ2n) is 6.72. The Labute approximate surface area is 171 Å². The van der Waals surface area contributed by atoms with Crippen molar-refractivity contribution < 1.29 is 23.5 Å². The lowest BCUT2D eigenvalue weighted by atomic mass is 10.1. The van der Waals surface area contributed by atoms with Gasteiger partial charge in [-0.05, 0) is 37.6 Å². The minimum Gasteiger partial charge on any atom is -0.456 e. The third kappa shape index (κ3) is 5.13. The fourth-order valence-corrected chi connectivity index (χ4v) is 2.92. The molecule has 9 nitrogen and oxygen atoms in total. The first-order chi connectivity index (χ1) is 14.3. The van der Waals surface area contributed by atoms with Gasteiger partial charge in [0, 0.05) is 12.2 Å². The van der Waals surface area contributed by atoms with Crippen molar-refractivity contribution in [2.24, 2.45) is 0 Å². The molecule has 2 N–H and O–H groups in total. The maximum absolute atomic E-state index is 11.9. The third-order valence-electron chi connectivity index (χ3n) is 4.36. The monoisotopic (exact) mass is 411 g/mol. The van der Waals surface area contributed by atoms with E-state index in [2.05, 4.69) is 10.6 Å². The molecule has 0 atom stereocenters. The molecule has 30 heavy (non-hydrogen) atoms. The van der Waals surface area contributed by atoms with E-state index in [9.17, 15) is 19.2 Å². The number of aromatic nitrogens is 1. The van der Waals surface area contributed by atoms with Crippen molar-refractivity contribution in [3.8, 4) is 0 Å². The molecule has 3 aromatic rings. The summed E-state index contributed by atoms with van der Waals surface area (Å²) >= 11 is 0. The van der Waals surface area contributed by atoms with Crippen LogP contribution in [0.2, 0.25) is 0 Å². The lowest BCUT2D eigenvalue weighted by Gasteiger charge is -2.10. The van der Waals surface area contributed by atoms with Crippen LogP contribution in [-0.4, -0.2) is 29.1 Å². The van der Waals surface area contributed by atoms with Crippen LogP contribution in [0.15, 0.2) is 51.7 Å². The predicted octanol–water partition coefficient (Wildman–Crippen LogP) is 2.49. The first-order valence-corrected chi connectivity index (χ1v) is 9.25. The number of hydrogen-bond acceptors (Lipinski definition) is 6. The second-order valence-corrected chi connectivity index (χ2v) is 6.72. The average Bonchev–Trinajstić information content (AvgIpc) is 3.02. The molecule has 2 aromatic carbocycles. The topological polar surface area (TPSA) is 120 Å². The quantitative estimate of drug-likeness (QED) is 0.602. The van der Waals surface area contributed by atoms with Crippen molar-refractivity contribution in [1.29, 1.82) is 0 Å². The van der Waals surface area contributed by atoms with E-state index in [0.29, 0.717) is 16.8 Å². The van der Waals surface area contributed by atoms with Crippen molar-refractivity contribution in [3.63, 3.8) is 0 Å². The Bertz CT molecular complexity index is 1160. The van der Waals surface area contributed by atoms with E-state index in [1.807, 2.05) is 26.0 Å². The smallest absolute Gasteiger partial charge is 0.419 e. The highest BCUT2D eigenvalue weighted by molar-refractivity contribution is 6.02. The van der Waals surface area contributed by atoms with E-state index in [4.69, 9.17) is 9.15 Å². The van der Waals surface area contributed by atoms with E-state index in [1.54, 1.807) is 30.3 Å². The average molecular weight is 411 g/mol. The number of rotatable bonds is 6. The number of hydrogen-bond donors (Lipinski definition) is 2. The molecule has 0 fully saturated rings. The summed E-state index contributed by atoms with van der Waals surface area (Å²) in [4.78, 5) is 47.5. The summed E-state index contributed by atoms with van der Waals surface area (Å²) in [6.07, 6.45) is -0.133. The Morgan fingerprint density at radius 1 is 1.10 bits per heavy atom. The zero-order valence-corrected chi connectivity index (χ0v) is 16.6. The van der Waals surface area contributed by atoms with E-state index in [1.165, 1.54) is 4.57 Å². The Balaban J connectivity index is 1.45. The summed E-state index contributed by atoms with van der Waals surface area (Å²) in [6.45, 7) is 3.20. The summed E-state index contributed by atoms with van der Waals surface area (Å²) in [5.74, 6) is -2.03. The molecule has 3 rings (SSSR count). The summed E-state index contributed by atoms with van der Waals surface area (Å²) in [7, 11) is 0. The number of amides is 3. The van der Waals surface area contributed by atoms with Gasteiger partial charge in [-0.25, -0.2) is 9.59 Å². The minimum atomic E-state index is -0.767. The van der Waals surface area contributed by atoms with Gasteiger partial charge in [0.2, 0.25) is 0 Å². The number of oxazole rings is 1. The summed E-state index contributed by atoms with van der Waals surface area (Å²) in [6, 6.07) is 11.6. The number of aryl methyl sites for hydroxylation is 3. The number of carbonyl (C=O) groups excluding carboxylic acids is 3. The molecule has 0 saturated heterocycles. The number of fused-ring (bicyclic) bond motifs is 1. The van der Waals surface area contributed by atoms with Gasteiger partial charge < -0.3 is 14.5 Å². The lowest BCUT2D eigenvalue weighted by molar-refractivity contribution is -0.148. The van der Waals surface area contributed by atoms with Gasteiger partial charge >= 0.3 is 17.8 Å². The first kappa shape index (κ1) is 20.8. The van der Waals surface area contributed by atoms with Gasteiger partial charge in [0.1, 0.15) is 0 Å². The van der Waals surface area contributed by atoms with Gasteiger partial charge in [0.05, 0.1) is 11.9 Å². The molecule has 1 aromatic heterocycles. The first-order valence-electron chi connectivity index (χ1n) is 9.25. The maximum atomic E-state index is 11.9. The Hall–Kier alpha value is -3.88. The van der Waals surface area contributed by atoms with Gasteiger partial charge in [0.15, 0.2) is 12.2 Å². The molecular weight excluding hydrogens is 390 g/mol.